The Hall–Kier alpha value is -4.01. The van der Waals surface area contributed by atoms with Crippen molar-refractivity contribution >= 4 is 17.6 Å². The fraction of sp³-hybridized carbons (Fsp3) is 0.375. The van der Waals surface area contributed by atoms with Crippen LogP contribution in [0.2, 0.25) is 0 Å². The number of hydrogen-bond donors (Lipinski definition) is 0. The van der Waals surface area contributed by atoms with E-state index in [2.05, 4.69) is 15.1 Å². The maximum atomic E-state index is 13.0. The Balaban J connectivity index is 1.17. The normalized spacial score (nSPS) is 16.9. The van der Waals surface area contributed by atoms with Crippen LogP contribution in [-0.2, 0) is 34.9 Å². The van der Waals surface area contributed by atoms with Gasteiger partial charge in [-0.3, -0.25) is 19.4 Å². The number of hydrogen-bond acceptors (Lipinski definition) is 6. The fourth-order valence-electron chi connectivity index (χ4n) is 4.44. The molecule has 9 nitrogen and oxygen atoms in total. The van der Waals surface area contributed by atoms with Crippen molar-refractivity contribution in [2.24, 2.45) is 0 Å². The van der Waals surface area contributed by atoms with E-state index in [1.165, 1.54) is 15.6 Å². The van der Waals surface area contributed by atoms with Crippen molar-refractivity contribution in [3.8, 4) is 5.82 Å². The molecule has 0 atom stereocenters. The van der Waals surface area contributed by atoms with Gasteiger partial charge in [-0.05, 0) is 24.3 Å². The number of fused-ring (bicyclic) bond motifs is 1. The summed E-state index contributed by atoms with van der Waals surface area (Å²) in [6.45, 7) is 1.01. The number of anilines is 1. The second kappa shape index (κ2) is 9.94. The van der Waals surface area contributed by atoms with Gasteiger partial charge in [0.15, 0.2) is 5.82 Å². The molecule has 3 aromatic rings. The summed E-state index contributed by atoms with van der Waals surface area (Å²) in [5.74, 6) is -0.265. The van der Waals surface area contributed by atoms with Crippen LogP contribution in [0.3, 0.4) is 0 Å². The van der Waals surface area contributed by atoms with Gasteiger partial charge in [0.05, 0.1) is 29.9 Å². The highest BCUT2D eigenvalue weighted by atomic mass is 19.4. The standard InChI is InChI=1S/C24H21F6N7O2/c25-23(26,27)16-1-3-19(31-9-16)36-8-7-34(14-22(36)39)13-21(38)35-6-5-18-15(11-35)12-37(33-18)20-4-2-17(10-32-20)24(28,29)30/h1-4,9-10,12H,5-8,11,13-14H2. The molecule has 0 spiro atoms. The van der Waals surface area contributed by atoms with Crippen LogP contribution < -0.4 is 4.90 Å². The first kappa shape index (κ1) is 26.6. The molecule has 5 rings (SSSR count). The first-order chi connectivity index (χ1) is 18.4. The van der Waals surface area contributed by atoms with Crippen LogP contribution in [0.5, 0.6) is 0 Å². The van der Waals surface area contributed by atoms with Crippen molar-refractivity contribution in [3.63, 3.8) is 0 Å². The average Bonchev–Trinajstić information content (AvgIpc) is 3.31. The second-order valence-electron chi connectivity index (χ2n) is 9.17. The molecule has 0 bridgehead atoms. The van der Waals surface area contributed by atoms with Crippen LogP contribution in [0.15, 0.2) is 42.9 Å². The van der Waals surface area contributed by atoms with Crippen molar-refractivity contribution in [2.75, 3.05) is 37.6 Å². The molecular weight excluding hydrogens is 532 g/mol. The Morgan fingerprint density at radius 2 is 1.49 bits per heavy atom. The third-order valence-corrected chi connectivity index (χ3v) is 6.53. The molecule has 15 heteroatoms. The van der Waals surface area contributed by atoms with Gasteiger partial charge in [-0.2, -0.15) is 31.4 Å². The van der Waals surface area contributed by atoms with Crippen LogP contribution in [0.25, 0.3) is 5.82 Å². The molecule has 3 aromatic heterocycles. The Kier molecular flexibility index (Phi) is 6.78. The summed E-state index contributed by atoms with van der Waals surface area (Å²) in [5, 5.41) is 4.39. The highest BCUT2D eigenvalue weighted by Gasteiger charge is 2.33. The van der Waals surface area contributed by atoms with Gasteiger partial charge in [-0.1, -0.05) is 0 Å². The van der Waals surface area contributed by atoms with Crippen molar-refractivity contribution in [1.82, 2.24) is 29.5 Å². The van der Waals surface area contributed by atoms with E-state index in [4.69, 9.17) is 0 Å². The topological polar surface area (TPSA) is 87.5 Å². The number of carbonyl (C=O) groups is 2. The second-order valence-corrected chi connectivity index (χ2v) is 9.17. The van der Waals surface area contributed by atoms with Crippen LogP contribution >= 0.6 is 0 Å². The Morgan fingerprint density at radius 3 is 2.05 bits per heavy atom. The molecule has 2 amide bonds. The number of alkyl halides is 6. The number of rotatable bonds is 4. The number of piperazine rings is 1. The number of pyridine rings is 2. The minimum absolute atomic E-state index is 0.0239. The van der Waals surface area contributed by atoms with Gasteiger partial charge >= 0.3 is 12.4 Å². The largest absolute Gasteiger partial charge is 0.417 e. The lowest BCUT2D eigenvalue weighted by Gasteiger charge is -2.35. The summed E-state index contributed by atoms with van der Waals surface area (Å²) in [5.41, 5.74) is -0.317. The Bertz CT molecular complexity index is 1370. The summed E-state index contributed by atoms with van der Waals surface area (Å²) < 4.78 is 78.1. The zero-order chi connectivity index (χ0) is 27.9. The highest BCUT2D eigenvalue weighted by molar-refractivity contribution is 5.95. The molecule has 206 valence electrons. The van der Waals surface area contributed by atoms with Gasteiger partial charge in [0.2, 0.25) is 11.8 Å². The van der Waals surface area contributed by atoms with E-state index in [1.54, 1.807) is 16.0 Å². The van der Waals surface area contributed by atoms with E-state index >= 15 is 0 Å². The molecule has 5 heterocycles. The summed E-state index contributed by atoms with van der Waals surface area (Å²) in [7, 11) is 0. The molecule has 0 N–H and O–H groups in total. The van der Waals surface area contributed by atoms with E-state index in [-0.39, 0.29) is 49.6 Å². The Morgan fingerprint density at radius 1 is 0.846 bits per heavy atom. The lowest BCUT2D eigenvalue weighted by Crippen LogP contribution is -2.53. The third kappa shape index (κ3) is 5.72. The van der Waals surface area contributed by atoms with E-state index < -0.39 is 23.5 Å². The number of carbonyl (C=O) groups excluding carboxylic acids is 2. The molecule has 39 heavy (non-hydrogen) atoms. The molecular formula is C24H21F6N7O2. The van der Waals surface area contributed by atoms with E-state index in [0.717, 1.165) is 30.0 Å². The monoisotopic (exact) mass is 553 g/mol. The number of amides is 2. The summed E-state index contributed by atoms with van der Waals surface area (Å²) in [6.07, 6.45) is -5.53. The fourth-order valence-corrected chi connectivity index (χ4v) is 4.44. The number of aromatic nitrogens is 4. The van der Waals surface area contributed by atoms with Gasteiger partial charge < -0.3 is 4.90 Å². The van der Waals surface area contributed by atoms with Gasteiger partial charge in [-0.25, -0.2) is 14.6 Å². The van der Waals surface area contributed by atoms with E-state index in [0.29, 0.717) is 31.4 Å². The van der Waals surface area contributed by atoms with Gasteiger partial charge in [0.1, 0.15) is 5.82 Å². The van der Waals surface area contributed by atoms with Gasteiger partial charge in [-0.15, -0.1) is 0 Å². The van der Waals surface area contributed by atoms with Gasteiger partial charge in [0.25, 0.3) is 0 Å². The maximum Gasteiger partial charge on any atom is 0.417 e. The maximum absolute atomic E-state index is 13.0. The number of nitrogens with zero attached hydrogens (tertiary/aromatic N) is 7. The van der Waals surface area contributed by atoms with E-state index in [1.807, 2.05) is 0 Å². The summed E-state index contributed by atoms with van der Waals surface area (Å²) >= 11 is 0. The van der Waals surface area contributed by atoms with Crippen molar-refractivity contribution in [3.05, 3.63) is 65.2 Å². The van der Waals surface area contributed by atoms with Crippen LogP contribution in [0.4, 0.5) is 32.2 Å². The van der Waals surface area contributed by atoms with Crippen molar-refractivity contribution in [1.29, 1.82) is 0 Å². The minimum atomic E-state index is -4.53. The first-order valence-corrected chi connectivity index (χ1v) is 11.8. The minimum Gasteiger partial charge on any atom is -0.337 e. The molecule has 1 fully saturated rings. The molecule has 0 unspecified atom stereocenters. The molecule has 0 aliphatic carbocycles. The van der Waals surface area contributed by atoms with Crippen LogP contribution in [0, 0.1) is 0 Å². The predicted octanol–water partition coefficient (Wildman–Crippen LogP) is 2.93. The van der Waals surface area contributed by atoms with Crippen LogP contribution in [-0.4, -0.2) is 74.1 Å². The molecule has 0 saturated carbocycles. The average molecular weight is 553 g/mol. The molecule has 2 aliphatic rings. The lowest BCUT2D eigenvalue weighted by molar-refractivity contribution is -0.138. The van der Waals surface area contributed by atoms with Gasteiger partial charge in [0, 0.05) is 56.8 Å². The summed E-state index contributed by atoms with van der Waals surface area (Å²) in [4.78, 5) is 37.8. The van der Waals surface area contributed by atoms with Crippen molar-refractivity contribution in [2.45, 2.75) is 25.3 Å². The van der Waals surface area contributed by atoms with Crippen LogP contribution in [0.1, 0.15) is 22.4 Å². The molecule has 0 aromatic carbocycles. The molecule has 1 saturated heterocycles. The zero-order valence-electron chi connectivity index (χ0n) is 20.2. The quantitative estimate of drug-likeness (QED) is 0.462. The highest BCUT2D eigenvalue weighted by Crippen LogP contribution is 2.30. The molecule has 2 aliphatic heterocycles. The zero-order valence-corrected chi connectivity index (χ0v) is 20.2. The SMILES string of the molecule is O=C(CN1CCN(c2ccc(C(F)(F)F)cn2)C(=O)C1)N1CCc2nn(-c3ccc(C(F)(F)F)cn3)cc2C1. The summed E-state index contributed by atoms with van der Waals surface area (Å²) in [6, 6.07) is 4.16. The van der Waals surface area contributed by atoms with E-state index in [9.17, 15) is 35.9 Å². The first-order valence-electron chi connectivity index (χ1n) is 11.8. The lowest BCUT2D eigenvalue weighted by atomic mass is 10.1. The smallest absolute Gasteiger partial charge is 0.337 e. The molecule has 0 radical (unpaired) electrons. The third-order valence-electron chi connectivity index (χ3n) is 6.53. The van der Waals surface area contributed by atoms with Crippen molar-refractivity contribution < 1.29 is 35.9 Å². The number of halogens is 6. The predicted molar refractivity (Wildman–Crippen MR) is 124 cm³/mol. The Labute approximate surface area is 217 Å².